The van der Waals surface area contributed by atoms with Crippen LogP contribution in [0.5, 0.6) is 0 Å². The summed E-state index contributed by atoms with van der Waals surface area (Å²) in [7, 11) is -4.09. The number of carbonyl (C=O) groups is 2. The van der Waals surface area contributed by atoms with Gasteiger partial charge in [0, 0.05) is 12.1 Å². The van der Waals surface area contributed by atoms with E-state index in [0.29, 0.717) is 12.1 Å². The number of aryl methyl sites for hydroxylation is 1. The van der Waals surface area contributed by atoms with Gasteiger partial charge < -0.3 is 10.2 Å². The Hall–Kier alpha value is -3.65. The van der Waals surface area contributed by atoms with Crippen LogP contribution in [0.4, 0.5) is 5.69 Å². The number of hydrogen-bond acceptors (Lipinski definition) is 4. The van der Waals surface area contributed by atoms with E-state index in [0.717, 1.165) is 21.0 Å². The molecule has 0 aliphatic heterocycles. The highest BCUT2D eigenvalue weighted by Crippen LogP contribution is 2.27. The molecule has 1 atom stereocenters. The van der Waals surface area contributed by atoms with E-state index in [9.17, 15) is 18.0 Å². The summed E-state index contributed by atoms with van der Waals surface area (Å²) < 4.78 is 29.1. The molecule has 0 aliphatic carbocycles. The van der Waals surface area contributed by atoms with E-state index in [1.54, 1.807) is 30.3 Å². The van der Waals surface area contributed by atoms with E-state index >= 15 is 0 Å². The van der Waals surface area contributed by atoms with E-state index in [1.165, 1.54) is 17.0 Å². The number of rotatable bonds is 11. The number of hydrogen-bond donors (Lipinski definition) is 1. The topological polar surface area (TPSA) is 86.8 Å². The summed E-state index contributed by atoms with van der Waals surface area (Å²) in [4.78, 5) is 29.3. The molecule has 220 valence electrons. The number of benzene rings is 3. The second kappa shape index (κ2) is 13.3. The second-order valence-electron chi connectivity index (χ2n) is 11.7. The highest BCUT2D eigenvalue weighted by Gasteiger charge is 2.34. The van der Waals surface area contributed by atoms with Crippen LogP contribution in [-0.4, -0.2) is 43.3 Å². The van der Waals surface area contributed by atoms with Crippen molar-refractivity contribution in [2.45, 2.75) is 83.8 Å². The largest absolute Gasteiger partial charge is 0.350 e. The zero-order valence-corrected chi connectivity index (χ0v) is 26.0. The average molecular weight is 578 g/mol. The van der Waals surface area contributed by atoms with Crippen LogP contribution in [0, 0.1) is 6.92 Å². The Morgan fingerprint density at radius 2 is 1.46 bits per heavy atom. The molecule has 0 bridgehead atoms. The normalized spacial score (nSPS) is 12.6. The third kappa shape index (κ3) is 8.19. The predicted molar refractivity (Wildman–Crippen MR) is 165 cm³/mol. The first-order chi connectivity index (χ1) is 19.2. The molecule has 8 heteroatoms. The Labute approximate surface area is 245 Å². The van der Waals surface area contributed by atoms with Gasteiger partial charge in [0.05, 0.1) is 10.6 Å². The molecule has 0 aromatic heterocycles. The summed E-state index contributed by atoms with van der Waals surface area (Å²) in [5, 5.41) is 3.00. The van der Waals surface area contributed by atoms with E-state index in [1.807, 2.05) is 71.0 Å². The van der Waals surface area contributed by atoms with Crippen molar-refractivity contribution in [3.63, 3.8) is 0 Å². The third-order valence-electron chi connectivity index (χ3n) is 6.94. The number of anilines is 1. The molecule has 0 saturated heterocycles. The van der Waals surface area contributed by atoms with Gasteiger partial charge in [0.1, 0.15) is 12.6 Å². The molecule has 0 saturated carbocycles. The van der Waals surface area contributed by atoms with Gasteiger partial charge in [-0.3, -0.25) is 13.9 Å². The molecule has 0 spiro atoms. The van der Waals surface area contributed by atoms with Crippen molar-refractivity contribution < 1.29 is 18.0 Å². The molecular weight excluding hydrogens is 534 g/mol. The molecule has 0 radical (unpaired) electrons. The average Bonchev–Trinajstić information content (AvgIpc) is 2.92. The maximum atomic E-state index is 14.2. The molecule has 7 nitrogen and oxygen atoms in total. The standard InChI is InChI=1S/C33H43N3O4S/c1-8-30(32(38)34-33(5,6)7)35(22-27-15-13-12-14-25(27)4)31(37)23-36(28-20-18-26(19-21-28)24(2)3)41(39,40)29-16-10-9-11-17-29/h9-21,24,30H,8,22-23H2,1-7H3,(H,34,38)/t30-/m1/s1. The molecule has 1 N–H and O–H groups in total. The fourth-order valence-corrected chi connectivity index (χ4v) is 6.05. The smallest absolute Gasteiger partial charge is 0.264 e. The van der Waals surface area contributed by atoms with Gasteiger partial charge in [-0.25, -0.2) is 8.42 Å². The molecule has 3 aromatic carbocycles. The zero-order valence-electron chi connectivity index (χ0n) is 25.2. The summed E-state index contributed by atoms with van der Waals surface area (Å²) in [5.41, 5.74) is 2.82. The van der Waals surface area contributed by atoms with Gasteiger partial charge in [0.2, 0.25) is 11.8 Å². The minimum absolute atomic E-state index is 0.0868. The van der Waals surface area contributed by atoms with Gasteiger partial charge in [-0.05, 0) is 81.0 Å². The summed E-state index contributed by atoms with van der Waals surface area (Å²) in [6.45, 7) is 13.3. The monoisotopic (exact) mass is 577 g/mol. The van der Waals surface area contributed by atoms with Crippen molar-refractivity contribution in [1.82, 2.24) is 10.2 Å². The Balaban J connectivity index is 2.08. The highest BCUT2D eigenvalue weighted by atomic mass is 32.2. The molecule has 2 amide bonds. The summed E-state index contributed by atoms with van der Waals surface area (Å²) in [6.07, 6.45) is 0.369. The lowest BCUT2D eigenvalue weighted by Gasteiger charge is -2.35. The second-order valence-corrected chi connectivity index (χ2v) is 13.5. The van der Waals surface area contributed by atoms with Crippen molar-refractivity contribution in [2.75, 3.05) is 10.8 Å². The Morgan fingerprint density at radius 3 is 2.00 bits per heavy atom. The van der Waals surface area contributed by atoms with Crippen LogP contribution >= 0.6 is 0 Å². The fraction of sp³-hybridized carbons (Fsp3) is 0.394. The molecular formula is C33H43N3O4S. The van der Waals surface area contributed by atoms with E-state index in [2.05, 4.69) is 19.2 Å². The molecule has 0 aliphatic rings. The lowest BCUT2D eigenvalue weighted by atomic mass is 10.0. The predicted octanol–water partition coefficient (Wildman–Crippen LogP) is 6.04. The summed E-state index contributed by atoms with van der Waals surface area (Å²) in [5.74, 6) is -0.474. The fourth-order valence-electron chi connectivity index (χ4n) is 4.62. The first-order valence-corrected chi connectivity index (χ1v) is 15.5. The van der Waals surface area contributed by atoms with Gasteiger partial charge in [0.15, 0.2) is 0 Å². The van der Waals surface area contributed by atoms with E-state index in [-0.39, 0.29) is 23.3 Å². The summed E-state index contributed by atoms with van der Waals surface area (Å²) in [6, 6.07) is 22.2. The van der Waals surface area contributed by atoms with E-state index in [4.69, 9.17) is 0 Å². The quantitative estimate of drug-likeness (QED) is 0.301. The lowest BCUT2D eigenvalue weighted by molar-refractivity contribution is -0.141. The molecule has 0 fully saturated rings. The SMILES string of the molecule is CC[C@H](C(=O)NC(C)(C)C)N(Cc1ccccc1C)C(=O)CN(c1ccc(C(C)C)cc1)S(=O)(=O)c1ccccc1. The number of nitrogens with zero attached hydrogens (tertiary/aromatic N) is 2. The minimum Gasteiger partial charge on any atom is -0.350 e. The lowest BCUT2D eigenvalue weighted by Crippen LogP contribution is -2.55. The van der Waals surface area contributed by atoms with Crippen LogP contribution in [0.3, 0.4) is 0 Å². The van der Waals surface area contributed by atoms with Gasteiger partial charge in [-0.1, -0.05) is 75.4 Å². The van der Waals surface area contributed by atoms with Crippen LogP contribution in [0.25, 0.3) is 0 Å². The van der Waals surface area contributed by atoms with Crippen LogP contribution in [0.15, 0.2) is 83.8 Å². The minimum atomic E-state index is -4.09. The van der Waals surface area contributed by atoms with Gasteiger partial charge in [-0.2, -0.15) is 0 Å². The Kier molecular flexibility index (Phi) is 10.4. The highest BCUT2D eigenvalue weighted by molar-refractivity contribution is 7.92. The summed E-state index contributed by atoms with van der Waals surface area (Å²) >= 11 is 0. The van der Waals surface area contributed by atoms with Crippen LogP contribution < -0.4 is 9.62 Å². The maximum absolute atomic E-state index is 14.2. The van der Waals surface area contributed by atoms with E-state index < -0.39 is 34.1 Å². The molecule has 0 heterocycles. The van der Waals surface area contributed by atoms with Crippen molar-refractivity contribution in [2.24, 2.45) is 0 Å². The van der Waals surface area contributed by atoms with Crippen LogP contribution in [-0.2, 0) is 26.2 Å². The van der Waals surface area contributed by atoms with Crippen molar-refractivity contribution >= 4 is 27.5 Å². The Bertz CT molecular complexity index is 1430. The number of carbonyl (C=O) groups excluding carboxylic acids is 2. The number of amides is 2. The van der Waals surface area contributed by atoms with Crippen molar-refractivity contribution in [1.29, 1.82) is 0 Å². The third-order valence-corrected chi connectivity index (χ3v) is 8.73. The van der Waals surface area contributed by atoms with Gasteiger partial charge in [-0.15, -0.1) is 0 Å². The molecule has 3 aromatic rings. The first-order valence-electron chi connectivity index (χ1n) is 14.1. The molecule has 41 heavy (non-hydrogen) atoms. The number of sulfonamides is 1. The van der Waals surface area contributed by atoms with Crippen molar-refractivity contribution in [3.05, 3.63) is 95.6 Å². The van der Waals surface area contributed by atoms with Crippen LogP contribution in [0.2, 0.25) is 0 Å². The van der Waals surface area contributed by atoms with Crippen molar-refractivity contribution in [3.8, 4) is 0 Å². The first kappa shape index (κ1) is 31.9. The molecule has 0 unspecified atom stereocenters. The Morgan fingerprint density at radius 1 is 0.878 bits per heavy atom. The zero-order chi connectivity index (χ0) is 30.4. The van der Waals surface area contributed by atoms with Gasteiger partial charge >= 0.3 is 0 Å². The van der Waals surface area contributed by atoms with Gasteiger partial charge in [0.25, 0.3) is 10.0 Å². The maximum Gasteiger partial charge on any atom is 0.264 e. The van der Waals surface area contributed by atoms with Crippen LogP contribution in [0.1, 0.15) is 70.6 Å². The molecule has 3 rings (SSSR count). The number of nitrogens with one attached hydrogen (secondary N) is 1.